The molecule has 2 rings (SSSR count). The minimum atomic E-state index is -1.38. The van der Waals surface area contributed by atoms with Crippen molar-refractivity contribution in [3.8, 4) is 0 Å². The number of aliphatic hydroxyl groups excluding tert-OH is 1. The van der Waals surface area contributed by atoms with Crippen LogP contribution in [0.5, 0.6) is 0 Å². The molecule has 0 radical (unpaired) electrons. The lowest BCUT2D eigenvalue weighted by Gasteiger charge is -2.22. The van der Waals surface area contributed by atoms with Gasteiger partial charge in [0.05, 0.1) is 12.6 Å². The predicted octanol–water partition coefficient (Wildman–Crippen LogP) is -1.78. The van der Waals surface area contributed by atoms with Crippen molar-refractivity contribution in [3.05, 3.63) is 36.0 Å². The molecule has 1 aromatic heterocycles. The van der Waals surface area contributed by atoms with E-state index >= 15 is 0 Å². The third-order valence-corrected chi connectivity index (χ3v) is 4.37. The molecule has 0 saturated carbocycles. The van der Waals surface area contributed by atoms with Gasteiger partial charge in [-0.25, -0.2) is 0 Å². The number of para-hydroxylation sites is 1. The molecule has 11 heteroatoms. The number of aromatic amines is 1. The van der Waals surface area contributed by atoms with Gasteiger partial charge in [-0.2, -0.15) is 0 Å². The van der Waals surface area contributed by atoms with E-state index in [1.54, 1.807) is 6.20 Å². The molecule has 8 N–H and O–H groups in total. The van der Waals surface area contributed by atoms with Crippen molar-refractivity contribution in [1.82, 2.24) is 20.9 Å². The predicted molar refractivity (Wildman–Crippen MR) is 107 cm³/mol. The molecule has 0 fully saturated rings. The van der Waals surface area contributed by atoms with Gasteiger partial charge in [-0.3, -0.25) is 19.2 Å². The molecule has 3 atom stereocenters. The van der Waals surface area contributed by atoms with Gasteiger partial charge < -0.3 is 36.9 Å². The summed E-state index contributed by atoms with van der Waals surface area (Å²) >= 11 is 0. The molecule has 0 spiro atoms. The summed E-state index contributed by atoms with van der Waals surface area (Å²) in [6, 6.07) is 4.09. The van der Waals surface area contributed by atoms with Crippen LogP contribution < -0.4 is 21.7 Å². The average Bonchev–Trinajstić information content (AvgIpc) is 3.12. The summed E-state index contributed by atoms with van der Waals surface area (Å²) in [5, 5.41) is 25.9. The van der Waals surface area contributed by atoms with E-state index in [0.717, 1.165) is 16.5 Å². The Morgan fingerprint density at radius 2 is 1.73 bits per heavy atom. The number of H-pyrrole nitrogens is 1. The SMILES string of the molecule is CC(N)C(=O)NC(Cc1c[nH]c2ccccc12)C(=O)NC(CO)C(=O)NCC(=O)O. The molecule has 3 amide bonds. The van der Waals surface area contributed by atoms with Gasteiger partial charge in [0, 0.05) is 23.5 Å². The Labute approximate surface area is 172 Å². The Morgan fingerprint density at radius 3 is 2.37 bits per heavy atom. The number of aliphatic carboxylic acids is 1. The Balaban J connectivity index is 2.18. The van der Waals surface area contributed by atoms with Gasteiger partial charge in [0.15, 0.2) is 0 Å². The smallest absolute Gasteiger partial charge is 0.322 e. The summed E-state index contributed by atoms with van der Waals surface area (Å²) in [7, 11) is 0. The maximum atomic E-state index is 12.8. The summed E-state index contributed by atoms with van der Waals surface area (Å²) in [5.41, 5.74) is 7.19. The van der Waals surface area contributed by atoms with E-state index < -0.39 is 55.0 Å². The van der Waals surface area contributed by atoms with Gasteiger partial charge in [0.25, 0.3) is 0 Å². The summed E-state index contributed by atoms with van der Waals surface area (Å²) in [6.07, 6.45) is 1.81. The van der Waals surface area contributed by atoms with Gasteiger partial charge in [-0.1, -0.05) is 18.2 Å². The Bertz CT molecular complexity index is 925. The molecular weight excluding hydrogens is 394 g/mol. The average molecular weight is 419 g/mol. The fourth-order valence-electron chi connectivity index (χ4n) is 2.79. The van der Waals surface area contributed by atoms with Crippen LogP contribution in [0.25, 0.3) is 10.9 Å². The monoisotopic (exact) mass is 419 g/mol. The standard InChI is InChI=1S/C19H25N5O6/c1-10(20)17(28)23-14(6-11-7-21-13-5-3-2-4-12(11)13)19(30)24-15(9-25)18(29)22-8-16(26)27/h2-5,7,10,14-15,21,25H,6,8-9,20H2,1H3,(H,22,29)(H,23,28)(H,24,30)(H,26,27). The highest BCUT2D eigenvalue weighted by Gasteiger charge is 2.28. The third-order valence-electron chi connectivity index (χ3n) is 4.37. The zero-order valence-corrected chi connectivity index (χ0v) is 16.3. The van der Waals surface area contributed by atoms with Crippen molar-refractivity contribution in [2.24, 2.45) is 5.73 Å². The number of amides is 3. The number of nitrogens with one attached hydrogen (secondary N) is 4. The van der Waals surface area contributed by atoms with E-state index in [2.05, 4.69) is 20.9 Å². The lowest BCUT2D eigenvalue weighted by molar-refractivity contribution is -0.138. The first-order chi connectivity index (χ1) is 14.2. The van der Waals surface area contributed by atoms with Crippen molar-refractivity contribution in [3.63, 3.8) is 0 Å². The number of aromatic nitrogens is 1. The molecule has 0 aliphatic heterocycles. The third kappa shape index (κ3) is 6.03. The number of carbonyl (C=O) groups is 4. The largest absolute Gasteiger partial charge is 0.480 e. The first kappa shape index (κ1) is 22.8. The van der Waals surface area contributed by atoms with Crippen LogP contribution in [0.15, 0.2) is 30.5 Å². The normalized spacial score (nSPS) is 13.8. The fraction of sp³-hybridized carbons (Fsp3) is 0.368. The second-order valence-electron chi connectivity index (χ2n) is 6.77. The zero-order chi connectivity index (χ0) is 22.3. The van der Waals surface area contributed by atoms with Crippen molar-refractivity contribution >= 4 is 34.6 Å². The highest BCUT2D eigenvalue weighted by molar-refractivity contribution is 5.94. The van der Waals surface area contributed by atoms with Gasteiger partial charge in [-0.15, -0.1) is 0 Å². The molecular formula is C19H25N5O6. The lowest BCUT2D eigenvalue weighted by atomic mass is 10.0. The Morgan fingerprint density at radius 1 is 1.07 bits per heavy atom. The number of aliphatic hydroxyl groups is 1. The molecule has 1 aromatic carbocycles. The van der Waals surface area contributed by atoms with Crippen LogP contribution in [0, 0.1) is 0 Å². The molecule has 3 unspecified atom stereocenters. The van der Waals surface area contributed by atoms with Crippen LogP contribution in [-0.2, 0) is 25.6 Å². The van der Waals surface area contributed by atoms with Crippen molar-refractivity contribution in [2.45, 2.75) is 31.5 Å². The van der Waals surface area contributed by atoms with Crippen LogP contribution >= 0.6 is 0 Å². The molecule has 162 valence electrons. The number of benzene rings is 1. The molecule has 0 aliphatic carbocycles. The van der Waals surface area contributed by atoms with Crippen molar-refractivity contribution in [1.29, 1.82) is 0 Å². The number of carboxylic acid groups (broad SMARTS) is 1. The molecule has 0 aliphatic rings. The summed E-state index contributed by atoms with van der Waals surface area (Å²) in [5.74, 6) is -3.42. The summed E-state index contributed by atoms with van der Waals surface area (Å²) < 4.78 is 0. The van der Waals surface area contributed by atoms with E-state index in [9.17, 15) is 24.3 Å². The molecule has 30 heavy (non-hydrogen) atoms. The van der Waals surface area contributed by atoms with E-state index in [-0.39, 0.29) is 6.42 Å². The first-order valence-corrected chi connectivity index (χ1v) is 9.24. The maximum Gasteiger partial charge on any atom is 0.322 e. The Hall–Kier alpha value is -3.44. The van der Waals surface area contributed by atoms with Crippen molar-refractivity contribution in [2.75, 3.05) is 13.2 Å². The molecule has 11 nitrogen and oxygen atoms in total. The number of rotatable bonds is 10. The number of hydrogen-bond acceptors (Lipinski definition) is 6. The number of carbonyl (C=O) groups excluding carboxylic acids is 3. The lowest BCUT2D eigenvalue weighted by Crippen LogP contribution is -2.57. The van der Waals surface area contributed by atoms with Crippen LogP contribution in [-0.4, -0.2) is 70.2 Å². The quantitative estimate of drug-likeness (QED) is 0.237. The van der Waals surface area contributed by atoms with Gasteiger partial charge in [0.1, 0.15) is 18.6 Å². The number of fused-ring (bicyclic) bond motifs is 1. The van der Waals surface area contributed by atoms with Crippen LogP contribution in [0.2, 0.25) is 0 Å². The topological polar surface area (TPSA) is 187 Å². The van der Waals surface area contributed by atoms with E-state index in [1.165, 1.54) is 6.92 Å². The highest BCUT2D eigenvalue weighted by Crippen LogP contribution is 2.19. The summed E-state index contributed by atoms with van der Waals surface area (Å²) in [4.78, 5) is 50.6. The van der Waals surface area contributed by atoms with E-state index in [1.807, 2.05) is 24.3 Å². The van der Waals surface area contributed by atoms with E-state index in [4.69, 9.17) is 10.8 Å². The molecule has 2 aromatic rings. The first-order valence-electron chi connectivity index (χ1n) is 9.24. The maximum absolute atomic E-state index is 12.8. The minimum Gasteiger partial charge on any atom is -0.480 e. The van der Waals surface area contributed by atoms with Crippen LogP contribution in [0.3, 0.4) is 0 Å². The molecule has 1 heterocycles. The fourth-order valence-corrected chi connectivity index (χ4v) is 2.79. The molecule has 0 saturated heterocycles. The van der Waals surface area contributed by atoms with Gasteiger partial charge in [0.2, 0.25) is 17.7 Å². The molecule has 0 bridgehead atoms. The second-order valence-corrected chi connectivity index (χ2v) is 6.77. The Kier molecular flexibility index (Phi) is 7.90. The summed E-state index contributed by atoms with van der Waals surface area (Å²) in [6.45, 7) is 0.0511. The second kappa shape index (κ2) is 10.4. The van der Waals surface area contributed by atoms with Crippen LogP contribution in [0.4, 0.5) is 0 Å². The number of carboxylic acids is 1. The van der Waals surface area contributed by atoms with Crippen LogP contribution in [0.1, 0.15) is 12.5 Å². The highest BCUT2D eigenvalue weighted by atomic mass is 16.4. The number of hydrogen-bond donors (Lipinski definition) is 7. The van der Waals surface area contributed by atoms with Crippen molar-refractivity contribution < 1.29 is 29.4 Å². The van der Waals surface area contributed by atoms with Gasteiger partial charge >= 0.3 is 5.97 Å². The zero-order valence-electron chi connectivity index (χ0n) is 16.3. The van der Waals surface area contributed by atoms with E-state index in [0.29, 0.717) is 0 Å². The van der Waals surface area contributed by atoms with Gasteiger partial charge in [-0.05, 0) is 18.6 Å². The number of nitrogens with two attached hydrogens (primary N) is 1. The minimum absolute atomic E-state index is 0.100.